The van der Waals surface area contributed by atoms with Gasteiger partial charge < -0.3 is 4.90 Å². The van der Waals surface area contributed by atoms with E-state index in [1.54, 1.807) is 34.5 Å². The summed E-state index contributed by atoms with van der Waals surface area (Å²) in [6.07, 6.45) is 1.46. The Hall–Kier alpha value is -3.10. The van der Waals surface area contributed by atoms with Crippen LogP contribution in [0, 0.1) is 5.82 Å². The van der Waals surface area contributed by atoms with Gasteiger partial charge in [0, 0.05) is 10.6 Å². The van der Waals surface area contributed by atoms with Gasteiger partial charge in [0.2, 0.25) is 5.91 Å². The number of amides is 1. The van der Waals surface area contributed by atoms with Gasteiger partial charge in [0.15, 0.2) is 5.16 Å². The molecule has 4 aromatic rings. The molecule has 0 aliphatic carbocycles. The monoisotopic (exact) mass is 462 g/mol. The van der Waals surface area contributed by atoms with E-state index in [1.807, 2.05) is 47.4 Å². The number of thioether (sulfide) groups is 2. The minimum Gasteiger partial charge on any atom is -0.302 e. The Morgan fingerprint density at radius 1 is 1.00 bits per heavy atom. The van der Waals surface area contributed by atoms with Crippen molar-refractivity contribution in [2.24, 2.45) is 0 Å². The van der Waals surface area contributed by atoms with Crippen LogP contribution in [0.2, 0.25) is 0 Å². The molecule has 1 aromatic heterocycles. The lowest BCUT2D eigenvalue weighted by molar-refractivity contribution is -0.116. The van der Waals surface area contributed by atoms with Crippen molar-refractivity contribution >= 4 is 35.1 Å². The number of hydrogen-bond donors (Lipinski definition) is 0. The Labute approximate surface area is 193 Å². The first-order chi connectivity index (χ1) is 15.7. The van der Waals surface area contributed by atoms with Gasteiger partial charge in [-0.05, 0) is 29.8 Å². The van der Waals surface area contributed by atoms with Gasteiger partial charge in [0.25, 0.3) is 0 Å². The zero-order chi connectivity index (χ0) is 21.9. The molecule has 0 radical (unpaired) electrons. The molecule has 0 saturated heterocycles. The van der Waals surface area contributed by atoms with Gasteiger partial charge in [0.05, 0.1) is 23.2 Å². The van der Waals surface area contributed by atoms with Gasteiger partial charge in [-0.25, -0.2) is 4.39 Å². The third-order valence-corrected chi connectivity index (χ3v) is 7.31. The molecule has 1 amide bonds. The average Bonchev–Trinajstić information content (AvgIpc) is 3.31. The first kappa shape index (κ1) is 20.8. The standard InChI is InChI=1S/C24H19FN4OS2/c25-18-10-4-5-11-19(18)28-16-26-27-24(28)32-15-23(30)29-20-12-6-7-13-22(20)31-14-21(29)17-8-2-1-3-9-17/h1-13,16,21H,14-15H2/t21-/m0/s1. The van der Waals surface area contributed by atoms with Crippen molar-refractivity contribution in [2.45, 2.75) is 16.1 Å². The maximum Gasteiger partial charge on any atom is 0.238 e. The molecule has 5 nitrogen and oxygen atoms in total. The van der Waals surface area contributed by atoms with E-state index in [-0.39, 0.29) is 23.5 Å². The molecule has 0 saturated carbocycles. The maximum absolute atomic E-state index is 14.3. The molecule has 0 bridgehead atoms. The predicted octanol–water partition coefficient (Wildman–Crippen LogP) is 5.38. The van der Waals surface area contributed by atoms with Crippen LogP contribution in [0.25, 0.3) is 5.69 Å². The highest BCUT2D eigenvalue weighted by molar-refractivity contribution is 8.00. The van der Waals surface area contributed by atoms with Crippen molar-refractivity contribution in [3.05, 3.63) is 96.6 Å². The van der Waals surface area contributed by atoms with Crippen LogP contribution in [-0.4, -0.2) is 32.2 Å². The second-order valence-electron chi connectivity index (χ2n) is 7.19. The zero-order valence-corrected chi connectivity index (χ0v) is 18.6. The number of para-hydroxylation sites is 2. The number of fused-ring (bicyclic) bond motifs is 1. The second-order valence-corrected chi connectivity index (χ2v) is 9.20. The quantitative estimate of drug-likeness (QED) is 0.373. The zero-order valence-electron chi connectivity index (χ0n) is 17.0. The van der Waals surface area contributed by atoms with Crippen LogP contribution in [-0.2, 0) is 4.79 Å². The first-order valence-corrected chi connectivity index (χ1v) is 12.1. The minimum atomic E-state index is -0.369. The number of carbonyl (C=O) groups excluding carboxylic acids is 1. The van der Waals surface area contributed by atoms with Crippen molar-refractivity contribution in [3.8, 4) is 5.69 Å². The predicted molar refractivity (Wildman–Crippen MR) is 126 cm³/mol. The lowest BCUT2D eigenvalue weighted by Gasteiger charge is -2.37. The molecule has 2 heterocycles. The van der Waals surface area contributed by atoms with E-state index in [0.29, 0.717) is 10.8 Å². The molecule has 32 heavy (non-hydrogen) atoms. The van der Waals surface area contributed by atoms with Gasteiger partial charge in [0.1, 0.15) is 12.1 Å². The number of aromatic nitrogens is 3. The lowest BCUT2D eigenvalue weighted by atomic mass is 10.1. The van der Waals surface area contributed by atoms with Crippen LogP contribution in [0.15, 0.2) is 95.2 Å². The second kappa shape index (κ2) is 9.18. The fourth-order valence-corrected chi connectivity index (χ4v) is 5.70. The summed E-state index contributed by atoms with van der Waals surface area (Å²) in [6, 6.07) is 24.4. The van der Waals surface area contributed by atoms with E-state index in [2.05, 4.69) is 22.3 Å². The van der Waals surface area contributed by atoms with Crippen molar-refractivity contribution in [1.82, 2.24) is 14.8 Å². The number of rotatable bonds is 5. The Morgan fingerprint density at radius 2 is 1.72 bits per heavy atom. The van der Waals surface area contributed by atoms with E-state index in [0.717, 1.165) is 21.9 Å². The highest BCUT2D eigenvalue weighted by Crippen LogP contribution is 2.43. The Morgan fingerprint density at radius 3 is 2.53 bits per heavy atom. The van der Waals surface area contributed by atoms with Gasteiger partial charge in [-0.2, -0.15) is 0 Å². The van der Waals surface area contributed by atoms with Crippen LogP contribution in [0.1, 0.15) is 11.6 Å². The van der Waals surface area contributed by atoms with Gasteiger partial charge >= 0.3 is 0 Å². The minimum absolute atomic E-state index is 0.0281. The van der Waals surface area contributed by atoms with Crippen LogP contribution in [0.5, 0.6) is 0 Å². The third kappa shape index (κ3) is 4.03. The summed E-state index contributed by atoms with van der Waals surface area (Å²) in [5.74, 6) is 0.546. The molecule has 0 unspecified atom stereocenters. The van der Waals surface area contributed by atoms with Gasteiger partial charge in [-0.3, -0.25) is 9.36 Å². The molecule has 1 aliphatic heterocycles. The summed E-state index contributed by atoms with van der Waals surface area (Å²) < 4.78 is 15.8. The summed E-state index contributed by atoms with van der Waals surface area (Å²) in [4.78, 5) is 16.5. The number of anilines is 1. The number of nitrogens with zero attached hydrogens (tertiary/aromatic N) is 4. The van der Waals surface area contributed by atoms with Gasteiger partial charge in [-0.1, -0.05) is 66.4 Å². The van der Waals surface area contributed by atoms with Crippen LogP contribution >= 0.6 is 23.5 Å². The summed E-state index contributed by atoms with van der Waals surface area (Å²) in [6.45, 7) is 0. The lowest BCUT2D eigenvalue weighted by Crippen LogP contribution is -2.39. The fourth-order valence-electron chi connectivity index (χ4n) is 3.75. The molecular formula is C24H19FN4OS2. The topological polar surface area (TPSA) is 51.0 Å². The molecule has 1 atom stereocenters. The molecule has 0 fully saturated rings. The van der Waals surface area contributed by atoms with Gasteiger partial charge in [-0.15, -0.1) is 22.0 Å². The van der Waals surface area contributed by atoms with E-state index in [9.17, 15) is 9.18 Å². The average molecular weight is 463 g/mol. The summed E-state index contributed by atoms with van der Waals surface area (Å²) in [5.41, 5.74) is 2.37. The van der Waals surface area contributed by atoms with E-state index in [1.165, 1.54) is 24.2 Å². The Bertz CT molecular complexity index is 1250. The molecule has 160 valence electrons. The van der Waals surface area contributed by atoms with Crippen molar-refractivity contribution in [2.75, 3.05) is 16.4 Å². The van der Waals surface area contributed by atoms with Crippen molar-refractivity contribution in [1.29, 1.82) is 0 Å². The number of hydrogen-bond acceptors (Lipinski definition) is 5. The molecule has 8 heteroatoms. The molecule has 5 rings (SSSR count). The first-order valence-electron chi connectivity index (χ1n) is 10.1. The smallest absolute Gasteiger partial charge is 0.238 e. The number of benzene rings is 3. The normalized spacial score (nSPS) is 15.4. The van der Waals surface area contributed by atoms with E-state index < -0.39 is 0 Å². The number of halogens is 1. The highest BCUT2D eigenvalue weighted by atomic mass is 32.2. The van der Waals surface area contributed by atoms with Crippen LogP contribution < -0.4 is 4.90 Å². The molecule has 0 N–H and O–H groups in total. The highest BCUT2D eigenvalue weighted by Gasteiger charge is 2.32. The van der Waals surface area contributed by atoms with Crippen molar-refractivity contribution < 1.29 is 9.18 Å². The molecule has 0 spiro atoms. The summed E-state index contributed by atoms with van der Waals surface area (Å²) >= 11 is 3.02. The number of carbonyl (C=O) groups is 1. The van der Waals surface area contributed by atoms with Crippen LogP contribution in [0.4, 0.5) is 10.1 Å². The Kier molecular flexibility index (Phi) is 5.96. The van der Waals surface area contributed by atoms with Crippen molar-refractivity contribution in [3.63, 3.8) is 0 Å². The SMILES string of the molecule is O=C(CSc1nncn1-c1ccccc1F)N1c2ccccc2SC[C@H]1c1ccccc1. The maximum atomic E-state index is 14.3. The van der Waals surface area contributed by atoms with Crippen LogP contribution in [0.3, 0.4) is 0 Å². The third-order valence-electron chi connectivity index (χ3n) is 5.24. The summed E-state index contributed by atoms with van der Waals surface area (Å²) in [7, 11) is 0. The van der Waals surface area contributed by atoms with E-state index >= 15 is 0 Å². The Balaban J connectivity index is 1.42. The van der Waals surface area contributed by atoms with E-state index in [4.69, 9.17) is 0 Å². The largest absolute Gasteiger partial charge is 0.302 e. The molecule has 3 aromatic carbocycles. The molecular weight excluding hydrogens is 443 g/mol. The molecule has 1 aliphatic rings. The fraction of sp³-hybridized carbons (Fsp3) is 0.125. The summed E-state index contributed by atoms with van der Waals surface area (Å²) in [5, 5.41) is 8.50.